The molecule has 1 amide bonds. The zero-order valence-corrected chi connectivity index (χ0v) is 15.2. The van der Waals surface area contributed by atoms with Crippen molar-refractivity contribution < 1.29 is 9.21 Å². The third-order valence-corrected chi connectivity index (χ3v) is 3.85. The van der Waals surface area contributed by atoms with Crippen molar-refractivity contribution >= 4 is 11.9 Å². The lowest BCUT2D eigenvalue weighted by molar-refractivity contribution is 0.0926. The zero-order valence-electron chi connectivity index (χ0n) is 15.2. The summed E-state index contributed by atoms with van der Waals surface area (Å²) in [7, 11) is 1.93. The number of aliphatic imine (C=N–C) groups is 1. The number of aromatic nitrogens is 2. The topological polar surface area (TPSA) is 96.5 Å². The number of carbonyl (C=O) groups is 1. The summed E-state index contributed by atoms with van der Waals surface area (Å²) in [6.07, 6.45) is 1.48. The maximum atomic E-state index is 11.8. The SMILES string of the molecule is CCNC(=NCc1c(C)nn(C)c1C)NCCNC(=O)c1ccco1. The number of aryl methyl sites for hydroxylation is 2. The van der Waals surface area contributed by atoms with E-state index in [2.05, 4.69) is 26.0 Å². The fourth-order valence-corrected chi connectivity index (χ4v) is 2.40. The van der Waals surface area contributed by atoms with Gasteiger partial charge in [-0.1, -0.05) is 0 Å². The molecule has 8 heteroatoms. The lowest BCUT2D eigenvalue weighted by Crippen LogP contribution is -2.41. The highest BCUT2D eigenvalue weighted by Gasteiger charge is 2.09. The number of hydrogen-bond donors (Lipinski definition) is 3. The average Bonchev–Trinajstić information content (AvgIpc) is 3.19. The van der Waals surface area contributed by atoms with Crippen LogP contribution in [0, 0.1) is 13.8 Å². The van der Waals surface area contributed by atoms with Crippen molar-refractivity contribution in [2.45, 2.75) is 27.3 Å². The predicted molar refractivity (Wildman–Crippen MR) is 96.5 cm³/mol. The molecule has 0 unspecified atom stereocenters. The fourth-order valence-electron chi connectivity index (χ4n) is 2.40. The molecule has 0 aromatic carbocycles. The van der Waals surface area contributed by atoms with E-state index in [0.29, 0.717) is 31.4 Å². The molecule has 0 aliphatic rings. The standard InChI is InChI=1S/C17H26N6O2/c1-5-18-17(21-11-14-12(2)22-23(4)13(14)3)20-9-8-19-16(24)15-7-6-10-25-15/h6-7,10H,5,8-9,11H2,1-4H3,(H,19,24)(H2,18,20,21). The van der Waals surface area contributed by atoms with Crippen LogP contribution < -0.4 is 16.0 Å². The quantitative estimate of drug-likeness (QED) is 0.396. The second-order valence-corrected chi connectivity index (χ2v) is 5.63. The summed E-state index contributed by atoms with van der Waals surface area (Å²) in [6, 6.07) is 3.32. The Morgan fingerprint density at radius 3 is 2.64 bits per heavy atom. The van der Waals surface area contributed by atoms with E-state index in [4.69, 9.17) is 4.42 Å². The minimum absolute atomic E-state index is 0.227. The van der Waals surface area contributed by atoms with Gasteiger partial charge in [-0.15, -0.1) is 0 Å². The second-order valence-electron chi connectivity index (χ2n) is 5.63. The summed E-state index contributed by atoms with van der Waals surface area (Å²) in [6.45, 7) is 8.38. The fraction of sp³-hybridized carbons (Fsp3) is 0.471. The van der Waals surface area contributed by atoms with Crippen LogP contribution in [0.25, 0.3) is 0 Å². The van der Waals surface area contributed by atoms with Gasteiger partial charge in [-0.3, -0.25) is 9.48 Å². The monoisotopic (exact) mass is 346 g/mol. The number of carbonyl (C=O) groups excluding carboxylic acids is 1. The Morgan fingerprint density at radius 1 is 1.28 bits per heavy atom. The molecular formula is C17H26N6O2. The Morgan fingerprint density at radius 2 is 2.04 bits per heavy atom. The zero-order chi connectivity index (χ0) is 18.2. The third-order valence-electron chi connectivity index (χ3n) is 3.85. The van der Waals surface area contributed by atoms with Gasteiger partial charge in [-0.2, -0.15) is 5.10 Å². The number of rotatable bonds is 7. The van der Waals surface area contributed by atoms with Gasteiger partial charge >= 0.3 is 0 Å². The van der Waals surface area contributed by atoms with Gasteiger partial charge in [-0.25, -0.2) is 4.99 Å². The molecule has 2 aromatic rings. The minimum atomic E-state index is -0.227. The number of hydrogen-bond acceptors (Lipinski definition) is 4. The molecule has 0 aliphatic heterocycles. The van der Waals surface area contributed by atoms with Crippen LogP contribution in [0.1, 0.15) is 34.4 Å². The number of guanidine groups is 1. The van der Waals surface area contributed by atoms with Crippen molar-refractivity contribution in [2.75, 3.05) is 19.6 Å². The first-order chi connectivity index (χ1) is 12.0. The number of furan rings is 1. The van der Waals surface area contributed by atoms with E-state index in [1.54, 1.807) is 12.1 Å². The number of nitrogens with zero attached hydrogens (tertiary/aromatic N) is 3. The average molecular weight is 346 g/mol. The van der Waals surface area contributed by atoms with Crippen molar-refractivity contribution in [1.82, 2.24) is 25.7 Å². The van der Waals surface area contributed by atoms with Gasteiger partial charge in [0.15, 0.2) is 11.7 Å². The molecular weight excluding hydrogens is 320 g/mol. The molecule has 0 saturated heterocycles. The largest absolute Gasteiger partial charge is 0.459 e. The smallest absolute Gasteiger partial charge is 0.287 e. The predicted octanol–water partition coefficient (Wildman–Crippen LogP) is 1.12. The Balaban J connectivity index is 1.84. The van der Waals surface area contributed by atoms with Crippen LogP contribution in [-0.4, -0.2) is 41.3 Å². The van der Waals surface area contributed by atoms with Gasteiger partial charge in [0.1, 0.15) is 0 Å². The first kappa shape index (κ1) is 18.6. The molecule has 2 rings (SSSR count). The lowest BCUT2D eigenvalue weighted by Gasteiger charge is -2.11. The highest BCUT2D eigenvalue weighted by molar-refractivity contribution is 5.91. The van der Waals surface area contributed by atoms with E-state index in [1.165, 1.54) is 6.26 Å². The Hall–Kier alpha value is -2.77. The van der Waals surface area contributed by atoms with Gasteiger partial charge < -0.3 is 20.4 Å². The normalized spacial score (nSPS) is 11.4. The third kappa shape index (κ3) is 5.10. The molecule has 0 bridgehead atoms. The van der Waals surface area contributed by atoms with E-state index < -0.39 is 0 Å². The van der Waals surface area contributed by atoms with Crippen LogP contribution in [0.15, 0.2) is 27.8 Å². The van der Waals surface area contributed by atoms with E-state index in [1.807, 2.05) is 32.5 Å². The summed E-state index contributed by atoms with van der Waals surface area (Å²) < 4.78 is 6.91. The molecule has 0 spiro atoms. The summed E-state index contributed by atoms with van der Waals surface area (Å²) in [4.78, 5) is 16.4. The van der Waals surface area contributed by atoms with E-state index in [0.717, 1.165) is 23.5 Å². The van der Waals surface area contributed by atoms with Crippen molar-refractivity contribution in [1.29, 1.82) is 0 Å². The highest BCUT2D eigenvalue weighted by Crippen LogP contribution is 2.12. The van der Waals surface area contributed by atoms with Crippen molar-refractivity contribution in [2.24, 2.45) is 12.0 Å². The highest BCUT2D eigenvalue weighted by atomic mass is 16.3. The Bertz CT molecular complexity index is 718. The second kappa shape index (κ2) is 8.91. The first-order valence-electron chi connectivity index (χ1n) is 8.35. The maximum Gasteiger partial charge on any atom is 0.287 e. The first-order valence-corrected chi connectivity index (χ1v) is 8.35. The van der Waals surface area contributed by atoms with Crippen molar-refractivity contribution in [3.8, 4) is 0 Å². The summed E-state index contributed by atoms with van der Waals surface area (Å²) in [5.74, 6) is 0.788. The summed E-state index contributed by atoms with van der Waals surface area (Å²) >= 11 is 0. The summed E-state index contributed by atoms with van der Waals surface area (Å²) in [5, 5.41) is 13.6. The molecule has 2 aromatic heterocycles. The van der Waals surface area contributed by atoms with Crippen LogP contribution >= 0.6 is 0 Å². The molecule has 0 fully saturated rings. The van der Waals surface area contributed by atoms with Crippen LogP contribution in [-0.2, 0) is 13.6 Å². The van der Waals surface area contributed by atoms with Gasteiger partial charge in [0.05, 0.1) is 18.5 Å². The molecule has 136 valence electrons. The molecule has 8 nitrogen and oxygen atoms in total. The Kier molecular flexibility index (Phi) is 6.62. The van der Waals surface area contributed by atoms with Crippen LogP contribution in [0.2, 0.25) is 0 Å². The van der Waals surface area contributed by atoms with E-state index >= 15 is 0 Å². The van der Waals surface area contributed by atoms with E-state index in [-0.39, 0.29) is 5.91 Å². The molecule has 0 saturated carbocycles. The van der Waals surface area contributed by atoms with Gasteiger partial charge in [-0.05, 0) is 32.9 Å². The molecule has 0 atom stereocenters. The van der Waals surface area contributed by atoms with Gasteiger partial charge in [0.2, 0.25) is 0 Å². The number of amides is 1. The van der Waals surface area contributed by atoms with E-state index in [9.17, 15) is 4.79 Å². The van der Waals surface area contributed by atoms with Crippen LogP contribution in [0.3, 0.4) is 0 Å². The molecule has 2 heterocycles. The van der Waals surface area contributed by atoms with Crippen molar-refractivity contribution in [3.63, 3.8) is 0 Å². The van der Waals surface area contributed by atoms with Gasteiger partial charge in [0, 0.05) is 37.9 Å². The minimum Gasteiger partial charge on any atom is -0.459 e. The molecule has 25 heavy (non-hydrogen) atoms. The lowest BCUT2D eigenvalue weighted by atomic mass is 10.2. The number of nitrogens with one attached hydrogen (secondary N) is 3. The maximum absolute atomic E-state index is 11.8. The molecule has 0 radical (unpaired) electrons. The summed E-state index contributed by atoms with van der Waals surface area (Å²) in [5.41, 5.74) is 3.24. The van der Waals surface area contributed by atoms with Crippen LogP contribution in [0.5, 0.6) is 0 Å². The molecule has 0 aliphatic carbocycles. The van der Waals surface area contributed by atoms with Gasteiger partial charge in [0.25, 0.3) is 5.91 Å². The van der Waals surface area contributed by atoms with Crippen molar-refractivity contribution in [3.05, 3.63) is 41.1 Å². The van der Waals surface area contributed by atoms with Crippen LogP contribution in [0.4, 0.5) is 0 Å². The Labute approximate surface area is 147 Å². The molecule has 3 N–H and O–H groups in total.